The van der Waals surface area contributed by atoms with Crippen LogP contribution in [0.2, 0.25) is 0 Å². The molecule has 0 fully saturated rings. The third-order valence-electron chi connectivity index (χ3n) is 3.82. The van der Waals surface area contributed by atoms with Crippen molar-refractivity contribution in [1.82, 2.24) is 0 Å². The summed E-state index contributed by atoms with van der Waals surface area (Å²) < 4.78 is 33.3. The standard InChI is InChI=1S/C17H20N2O5S/c1-11(2)13-6-8-16(24-4)17(9-13)25(22,23)18-15-10-14(19(20)21)7-5-12(15)3/h5-11,18H,1-4H3. The van der Waals surface area contributed by atoms with Crippen LogP contribution in [0.5, 0.6) is 5.75 Å². The number of nitro benzene ring substituents is 1. The topological polar surface area (TPSA) is 98.5 Å². The fourth-order valence-corrected chi connectivity index (χ4v) is 3.62. The van der Waals surface area contributed by atoms with Crippen molar-refractivity contribution in [3.63, 3.8) is 0 Å². The number of nitrogens with one attached hydrogen (secondary N) is 1. The molecule has 0 heterocycles. The second-order valence-corrected chi connectivity index (χ2v) is 7.58. The van der Waals surface area contributed by atoms with Crippen molar-refractivity contribution >= 4 is 21.4 Å². The van der Waals surface area contributed by atoms with Crippen molar-refractivity contribution in [3.05, 3.63) is 57.6 Å². The van der Waals surface area contributed by atoms with Crippen LogP contribution >= 0.6 is 0 Å². The molecule has 0 bridgehead atoms. The minimum atomic E-state index is -3.97. The predicted octanol–water partition coefficient (Wildman–Crippen LogP) is 3.84. The summed E-state index contributed by atoms with van der Waals surface area (Å²) in [7, 11) is -2.58. The average molecular weight is 364 g/mol. The number of aryl methyl sites for hydroxylation is 1. The lowest BCUT2D eigenvalue weighted by Crippen LogP contribution is -2.15. The molecule has 134 valence electrons. The Labute approximate surface area is 146 Å². The number of sulfonamides is 1. The van der Waals surface area contributed by atoms with Gasteiger partial charge in [-0.1, -0.05) is 26.0 Å². The predicted molar refractivity (Wildman–Crippen MR) is 95.7 cm³/mol. The maximum absolute atomic E-state index is 12.8. The molecule has 8 heteroatoms. The number of non-ortho nitro benzene ring substituents is 1. The van der Waals surface area contributed by atoms with E-state index in [2.05, 4.69) is 4.72 Å². The molecule has 2 rings (SSSR count). The van der Waals surface area contributed by atoms with Gasteiger partial charge < -0.3 is 4.74 Å². The van der Waals surface area contributed by atoms with Gasteiger partial charge in [-0.3, -0.25) is 14.8 Å². The number of benzene rings is 2. The molecule has 2 aromatic carbocycles. The van der Waals surface area contributed by atoms with Crippen LogP contribution < -0.4 is 9.46 Å². The van der Waals surface area contributed by atoms with Crippen molar-refractivity contribution in [2.45, 2.75) is 31.6 Å². The second kappa shape index (κ2) is 7.10. The van der Waals surface area contributed by atoms with E-state index < -0.39 is 14.9 Å². The highest BCUT2D eigenvalue weighted by atomic mass is 32.2. The summed E-state index contributed by atoms with van der Waals surface area (Å²) in [4.78, 5) is 10.3. The van der Waals surface area contributed by atoms with Gasteiger partial charge in [-0.25, -0.2) is 8.42 Å². The van der Waals surface area contributed by atoms with Crippen molar-refractivity contribution in [2.75, 3.05) is 11.8 Å². The molecule has 1 N–H and O–H groups in total. The Kier molecular flexibility index (Phi) is 5.32. The molecule has 0 unspecified atom stereocenters. The van der Waals surface area contributed by atoms with E-state index in [-0.39, 0.29) is 27.9 Å². The van der Waals surface area contributed by atoms with Crippen LogP contribution in [0.1, 0.15) is 30.9 Å². The van der Waals surface area contributed by atoms with Crippen LogP contribution in [0.3, 0.4) is 0 Å². The molecule has 0 spiro atoms. The Morgan fingerprint density at radius 3 is 2.40 bits per heavy atom. The van der Waals surface area contributed by atoms with Gasteiger partial charge in [0.05, 0.1) is 17.7 Å². The van der Waals surface area contributed by atoms with Gasteiger partial charge in [-0.05, 0) is 36.1 Å². The van der Waals surface area contributed by atoms with Gasteiger partial charge in [0.15, 0.2) is 0 Å². The van der Waals surface area contributed by atoms with E-state index in [1.165, 1.54) is 25.3 Å². The number of nitrogens with zero attached hydrogens (tertiary/aromatic N) is 1. The minimum Gasteiger partial charge on any atom is -0.495 e. The molecule has 25 heavy (non-hydrogen) atoms. The van der Waals surface area contributed by atoms with E-state index >= 15 is 0 Å². The smallest absolute Gasteiger partial charge is 0.271 e. The highest BCUT2D eigenvalue weighted by molar-refractivity contribution is 7.92. The molecule has 7 nitrogen and oxygen atoms in total. The van der Waals surface area contributed by atoms with E-state index in [1.54, 1.807) is 25.1 Å². The molecule has 0 aliphatic rings. The zero-order valence-electron chi connectivity index (χ0n) is 14.4. The fraction of sp³-hybridized carbons (Fsp3) is 0.294. The average Bonchev–Trinajstić information content (AvgIpc) is 2.55. The van der Waals surface area contributed by atoms with Crippen LogP contribution in [-0.4, -0.2) is 20.5 Å². The first-order valence-electron chi connectivity index (χ1n) is 7.61. The van der Waals surface area contributed by atoms with Gasteiger partial charge in [0, 0.05) is 12.1 Å². The largest absolute Gasteiger partial charge is 0.495 e. The Bertz CT molecular complexity index is 907. The van der Waals surface area contributed by atoms with Gasteiger partial charge in [-0.15, -0.1) is 0 Å². The fourth-order valence-electron chi connectivity index (χ4n) is 2.30. The van der Waals surface area contributed by atoms with Crippen molar-refractivity contribution in [2.24, 2.45) is 0 Å². The van der Waals surface area contributed by atoms with Gasteiger partial charge in [0.25, 0.3) is 15.7 Å². The lowest BCUT2D eigenvalue weighted by atomic mass is 10.0. The monoisotopic (exact) mass is 364 g/mol. The Morgan fingerprint density at radius 1 is 1.16 bits per heavy atom. The van der Waals surface area contributed by atoms with Crippen molar-refractivity contribution in [3.8, 4) is 5.75 Å². The zero-order chi connectivity index (χ0) is 18.8. The third-order valence-corrected chi connectivity index (χ3v) is 5.21. The molecule has 0 radical (unpaired) electrons. The Morgan fingerprint density at radius 2 is 1.84 bits per heavy atom. The van der Waals surface area contributed by atoms with Crippen LogP contribution in [-0.2, 0) is 10.0 Å². The number of nitro groups is 1. The third kappa shape index (κ3) is 4.08. The van der Waals surface area contributed by atoms with Gasteiger partial charge >= 0.3 is 0 Å². The lowest BCUT2D eigenvalue weighted by Gasteiger charge is -2.15. The summed E-state index contributed by atoms with van der Waals surface area (Å²) in [5.41, 5.74) is 1.39. The maximum Gasteiger partial charge on any atom is 0.271 e. The van der Waals surface area contributed by atoms with Gasteiger partial charge in [-0.2, -0.15) is 0 Å². The number of methoxy groups -OCH3 is 1. The van der Waals surface area contributed by atoms with Crippen LogP contribution in [0.25, 0.3) is 0 Å². The lowest BCUT2D eigenvalue weighted by molar-refractivity contribution is -0.384. The van der Waals surface area contributed by atoms with Crippen LogP contribution in [0, 0.1) is 17.0 Å². The van der Waals surface area contributed by atoms with E-state index in [4.69, 9.17) is 4.74 Å². The SMILES string of the molecule is COc1ccc(C(C)C)cc1S(=O)(=O)Nc1cc([N+](=O)[O-])ccc1C. The molecule has 0 atom stereocenters. The number of anilines is 1. The number of hydrogen-bond donors (Lipinski definition) is 1. The van der Waals surface area contributed by atoms with Crippen LogP contribution in [0.4, 0.5) is 11.4 Å². The highest BCUT2D eigenvalue weighted by Crippen LogP contribution is 2.31. The first-order chi connectivity index (χ1) is 11.7. The summed E-state index contributed by atoms with van der Waals surface area (Å²) in [6.45, 7) is 5.58. The summed E-state index contributed by atoms with van der Waals surface area (Å²) in [5.74, 6) is 0.347. The number of hydrogen-bond acceptors (Lipinski definition) is 5. The van der Waals surface area contributed by atoms with E-state index in [9.17, 15) is 18.5 Å². The number of rotatable bonds is 6. The van der Waals surface area contributed by atoms with Gasteiger partial charge in [0.1, 0.15) is 10.6 Å². The van der Waals surface area contributed by atoms with Crippen LogP contribution in [0.15, 0.2) is 41.3 Å². The molecule has 0 saturated heterocycles. The van der Waals surface area contributed by atoms with E-state index in [1.807, 2.05) is 13.8 Å². The summed E-state index contributed by atoms with van der Waals surface area (Å²) in [6.07, 6.45) is 0. The molecular weight excluding hydrogens is 344 g/mol. The molecule has 0 aliphatic carbocycles. The minimum absolute atomic E-state index is 0.00731. The Hall–Kier alpha value is -2.61. The first kappa shape index (κ1) is 18.7. The molecule has 2 aromatic rings. The van der Waals surface area contributed by atoms with Gasteiger partial charge in [0.2, 0.25) is 0 Å². The van der Waals surface area contributed by atoms with Crippen molar-refractivity contribution < 1.29 is 18.1 Å². The molecule has 0 amide bonds. The zero-order valence-corrected chi connectivity index (χ0v) is 15.3. The first-order valence-corrected chi connectivity index (χ1v) is 9.10. The quantitative estimate of drug-likeness (QED) is 0.620. The highest BCUT2D eigenvalue weighted by Gasteiger charge is 2.22. The molecule has 0 aliphatic heterocycles. The summed E-state index contributed by atoms with van der Waals surface area (Å²) >= 11 is 0. The molecule has 0 aromatic heterocycles. The van der Waals surface area contributed by atoms with E-state index in [0.29, 0.717) is 5.56 Å². The summed E-state index contributed by atoms with van der Waals surface area (Å²) in [5, 5.41) is 10.9. The molecule has 0 saturated carbocycles. The molecular formula is C17H20N2O5S. The summed E-state index contributed by atoms with van der Waals surface area (Å²) in [6, 6.07) is 8.99. The number of ether oxygens (including phenoxy) is 1. The van der Waals surface area contributed by atoms with Crippen molar-refractivity contribution in [1.29, 1.82) is 0 Å². The Balaban J connectivity index is 2.51. The normalized spacial score (nSPS) is 11.4. The van der Waals surface area contributed by atoms with E-state index in [0.717, 1.165) is 5.56 Å². The maximum atomic E-state index is 12.8. The second-order valence-electron chi connectivity index (χ2n) is 5.93.